The maximum Gasteiger partial charge on any atom is 0.303 e. The van der Waals surface area contributed by atoms with Crippen LogP contribution in [0.4, 0.5) is 0 Å². The summed E-state index contributed by atoms with van der Waals surface area (Å²) in [5, 5.41) is 0. The molecule has 0 N–H and O–H groups in total. The first-order chi connectivity index (χ1) is 12.7. The molecule has 4 nitrogen and oxygen atoms in total. The summed E-state index contributed by atoms with van der Waals surface area (Å²) in [6, 6.07) is 0. The second-order valence-corrected chi connectivity index (χ2v) is 8.39. The molecule has 0 aliphatic carbocycles. The minimum atomic E-state index is -0.527. The first-order valence-electron chi connectivity index (χ1n) is 9.94. The molecule has 0 aromatic carbocycles. The Morgan fingerprint density at radius 3 is 2.67 bits per heavy atom. The van der Waals surface area contributed by atoms with Gasteiger partial charge >= 0.3 is 5.97 Å². The van der Waals surface area contributed by atoms with Crippen LogP contribution in [0, 0.1) is 5.92 Å². The van der Waals surface area contributed by atoms with E-state index in [1.165, 1.54) is 18.1 Å². The molecule has 1 aliphatic rings. The summed E-state index contributed by atoms with van der Waals surface area (Å²) < 4.78 is 11.8. The Morgan fingerprint density at radius 2 is 2.07 bits per heavy atom. The molecule has 1 heterocycles. The molecule has 0 spiro atoms. The zero-order valence-electron chi connectivity index (χ0n) is 17.5. The molecule has 154 valence electrons. The predicted molar refractivity (Wildman–Crippen MR) is 113 cm³/mol. The number of allylic oxidation sites excluding steroid dienone is 2. The first-order valence-corrected chi connectivity index (χ1v) is 10.6. The van der Waals surface area contributed by atoms with Crippen LogP contribution in [0.25, 0.3) is 0 Å². The summed E-state index contributed by atoms with van der Waals surface area (Å²) in [5.74, 6) is 0.709. The minimum Gasteiger partial charge on any atom is -0.459 e. The molecule has 1 aliphatic heterocycles. The smallest absolute Gasteiger partial charge is 0.303 e. The standard InChI is InChI=1S/C22H36O4S/c1-16(2)8-10-20(24)17(3)7-6-13-22(5)21(26-18(4)23)11-9-19(12-14-27)15-25-22/h8,12,17,21,27H,6-7,9-11,13-15H2,1-5H3/t17?,21-,22+/m1/s1. The second-order valence-electron chi connectivity index (χ2n) is 8.03. The van der Waals surface area contributed by atoms with Crippen molar-refractivity contribution >= 4 is 24.4 Å². The number of hydrogen-bond donors (Lipinski definition) is 1. The lowest BCUT2D eigenvalue weighted by Crippen LogP contribution is -2.43. The Hall–Kier alpha value is -1.07. The van der Waals surface area contributed by atoms with Crippen molar-refractivity contribution < 1.29 is 19.1 Å². The van der Waals surface area contributed by atoms with Crippen LogP contribution in [0.1, 0.15) is 73.1 Å². The number of thiol groups is 1. The van der Waals surface area contributed by atoms with E-state index in [1.807, 2.05) is 33.8 Å². The van der Waals surface area contributed by atoms with Gasteiger partial charge in [-0.2, -0.15) is 12.6 Å². The number of ketones is 1. The normalized spacial score (nSPS) is 25.6. The van der Waals surface area contributed by atoms with E-state index < -0.39 is 5.60 Å². The summed E-state index contributed by atoms with van der Waals surface area (Å²) in [7, 11) is 0. The van der Waals surface area contributed by atoms with Gasteiger partial charge in [0.1, 0.15) is 17.5 Å². The van der Waals surface area contributed by atoms with Crippen molar-refractivity contribution in [3.8, 4) is 0 Å². The highest BCUT2D eigenvalue weighted by Gasteiger charge is 2.39. The van der Waals surface area contributed by atoms with Gasteiger partial charge in [0.15, 0.2) is 0 Å². The molecular formula is C22H36O4S. The predicted octanol–water partition coefficient (Wildman–Crippen LogP) is 5.08. The Kier molecular flexibility index (Phi) is 10.4. The molecule has 27 heavy (non-hydrogen) atoms. The molecule has 0 aromatic heterocycles. The maximum absolute atomic E-state index is 12.2. The van der Waals surface area contributed by atoms with E-state index in [1.54, 1.807) is 0 Å². The maximum atomic E-state index is 12.2. The van der Waals surface area contributed by atoms with Crippen molar-refractivity contribution in [3.05, 3.63) is 23.3 Å². The highest BCUT2D eigenvalue weighted by atomic mass is 32.1. The van der Waals surface area contributed by atoms with Crippen LogP contribution < -0.4 is 0 Å². The van der Waals surface area contributed by atoms with Gasteiger partial charge in [0.05, 0.1) is 6.61 Å². The number of hydrogen-bond acceptors (Lipinski definition) is 5. The van der Waals surface area contributed by atoms with E-state index in [9.17, 15) is 9.59 Å². The van der Waals surface area contributed by atoms with Crippen LogP contribution in [0.3, 0.4) is 0 Å². The van der Waals surface area contributed by atoms with Gasteiger partial charge in [-0.1, -0.05) is 24.6 Å². The van der Waals surface area contributed by atoms with E-state index in [4.69, 9.17) is 9.47 Å². The lowest BCUT2D eigenvalue weighted by Gasteiger charge is -2.35. The molecule has 0 aromatic rings. The Bertz CT molecular complexity index is 563. The van der Waals surface area contributed by atoms with Crippen molar-refractivity contribution in [3.63, 3.8) is 0 Å². The summed E-state index contributed by atoms with van der Waals surface area (Å²) in [4.78, 5) is 23.8. The fourth-order valence-corrected chi connectivity index (χ4v) is 3.64. The third-order valence-electron chi connectivity index (χ3n) is 5.26. The number of Topliss-reactive ketones (excluding diaryl/α,β-unsaturated/α-hetero) is 1. The molecule has 0 radical (unpaired) electrons. The van der Waals surface area contributed by atoms with Gasteiger partial charge in [0.25, 0.3) is 0 Å². The molecule has 0 saturated carbocycles. The number of carbonyl (C=O) groups is 2. The Balaban J connectivity index is 2.68. The molecule has 0 amide bonds. The SMILES string of the molecule is CC(=O)O[C@@H]1CCC(=CCS)CO[C@@]1(C)CCCC(C)C(=O)CC=C(C)C. The van der Waals surface area contributed by atoms with Gasteiger partial charge in [-0.3, -0.25) is 9.59 Å². The Morgan fingerprint density at radius 1 is 1.37 bits per heavy atom. The van der Waals surface area contributed by atoms with Gasteiger partial charge in [-0.05, 0) is 58.4 Å². The third kappa shape index (κ3) is 8.65. The highest BCUT2D eigenvalue weighted by Crippen LogP contribution is 2.34. The highest BCUT2D eigenvalue weighted by molar-refractivity contribution is 7.80. The van der Waals surface area contributed by atoms with Crippen molar-refractivity contribution in [2.45, 2.75) is 84.8 Å². The number of rotatable bonds is 9. The van der Waals surface area contributed by atoms with E-state index in [2.05, 4.69) is 18.7 Å². The zero-order chi connectivity index (χ0) is 20.4. The number of ether oxygens (including phenoxy) is 2. The lowest BCUT2D eigenvalue weighted by molar-refractivity contribution is -0.167. The molecule has 1 saturated heterocycles. The summed E-state index contributed by atoms with van der Waals surface area (Å²) >= 11 is 4.26. The molecule has 3 atom stereocenters. The van der Waals surface area contributed by atoms with Gasteiger partial charge in [-0.15, -0.1) is 0 Å². The first kappa shape index (κ1) is 24.0. The molecular weight excluding hydrogens is 360 g/mol. The van der Waals surface area contributed by atoms with E-state index in [0.717, 1.165) is 32.1 Å². The van der Waals surface area contributed by atoms with Crippen LogP contribution in [0.2, 0.25) is 0 Å². The van der Waals surface area contributed by atoms with E-state index in [-0.39, 0.29) is 23.8 Å². The fraction of sp³-hybridized carbons (Fsp3) is 0.727. The average molecular weight is 397 g/mol. The lowest BCUT2D eigenvalue weighted by atomic mass is 9.87. The molecule has 1 unspecified atom stereocenters. The summed E-state index contributed by atoms with van der Waals surface area (Å²) in [6.07, 6.45) is 8.35. The molecule has 5 heteroatoms. The third-order valence-corrected chi connectivity index (χ3v) is 5.44. The van der Waals surface area contributed by atoms with E-state index in [0.29, 0.717) is 18.8 Å². The topological polar surface area (TPSA) is 52.6 Å². The molecule has 1 fully saturated rings. The number of esters is 1. The second kappa shape index (κ2) is 11.7. The quantitative estimate of drug-likeness (QED) is 0.336. The van der Waals surface area contributed by atoms with Crippen LogP contribution in [0.5, 0.6) is 0 Å². The van der Waals surface area contributed by atoms with Gasteiger partial charge in [0, 0.05) is 25.0 Å². The van der Waals surface area contributed by atoms with Crippen LogP contribution in [-0.4, -0.2) is 35.8 Å². The molecule has 0 bridgehead atoms. The van der Waals surface area contributed by atoms with Crippen molar-refractivity contribution in [2.24, 2.45) is 5.92 Å². The molecule has 1 rings (SSSR count). The van der Waals surface area contributed by atoms with Crippen LogP contribution >= 0.6 is 12.6 Å². The van der Waals surface area contributed by atoms with Gasteiger partial charge in [-0.25, -0.2) is 0 Å². The van der Waals surface area contributed by atoms with Crippen LogP contribution in [-0.2, 0) is 19.1 Å². The minimum absolute atomic E-state index is 0.0294. The largest absolute Gasteiger partial charge is 0.459 e. The van der Waals surface area contributed by atoms with E-state index >= 15 is 0 Å². The van der Waals surface area contributed by atoms with Crippen molar-refractivity contribution in [1.29, 1.82) is 0 Å². The average Bonchev–Trinajstić information content (AvgIpc) is 2.73. The Labute approximate surface area is 170 Å². The van der Waals surface area contributed by atoms with Crippen molar-refractivity contribution in [2.75, 3.05) is 12.4 Å². The zero-order valence-corrected chi connectivity index (χ0v) is 18.4. The monoisotopic (exact) mass is 396 g/mol. The number of carbonyl (C=O) groups excluding carboxylic acids is 2. The summed E-state index contributed by atoms with van der Waals surface area (Å²) in [5.41, 5.74) is 1.85. The van der Waals surface area contributed by atoms with Gasteiger partial charge in [0.2, 0.25) is 0 Å². The fourth-order valence-electron chi connectivity index (χ4n) is 3.38. The van der Waals surface area contributed by atoms with Crippen LogP contribution in [0.15, 0.2) is 23.3 Å². The van der Waals surface area contributed by atoms with Gasteiger partial charge < -0.3 is 9.47 Å². The van der Waals surface area contributed by atoms with Crippen molar-refractivity contribution in [1.82, 2.24) is 0 Å². The summed E-state index contributed by atoms with van der Waals surface area (Å²) in [6.45, 7) is 10.0.